The Balaban J connectivity index is 3.64. The van der Waals surface area contributed by atoms with Crippen molar-refractivity contribution in [2.45, 2.75) is 39.7 Å². The molecule has 10 heavy (non-hydrogen) atoms. The molecule has 0 amide bonds. The second-order valence-electron chi connectivity index (χ2n) is 2.90. The summed E-state index contributed by atoms with van der Waals surface area (Å²) < 4.78 is 21.0. The first-order valence-corrected chi connectivity index (χ1v) is 3.72. The van der Waals surface area contributed by atoms with Gasteiger partial charge >= 0.3 is 0 Å². The van der Waals surface area contributed by atoms with E-state index in [4.69, 9.17) is 4.11 Å². The van der Waals surface area contributed by atoms with E-state index < -0.39 is 6.98 Å². The Bertz CT molecular complexity index is 168. The lowest BCUT2D eigenvalue weighted by Gasteiger charge is -2.06. The van der Waals surface area contributed by atoms with E-state index in [9.17, 15) is 0 Å². The lowest BCUT2D eigenvalue weighted by atomic mass is 10.1. The fraction of sp³-hybridized carbons (Fsp3) is 0.778. The lowest BCUT2D eigenvalue weighted by molar-refractivity contribution is 0.570. The van der Waals surface area contributed by atoms with Crippen molar-refractivity contribution in [3.63, 3.8) is 0 Å². The van der Waals surface area contributed by atoms with Crippen molar-refractivity contribution in [2.75, 3.05) is 6.98 Å². The summed E-state index contributed by atoms with van der Waals surface area (Å²) in [5.74, 6) is 0. The van der Waals surface area contributed by atoms with Gasteiger partial charge in [-0.2, -0.15) is 0 Å². The zero-order valence-corrected chi connectivity index (χ0v) is 7.07. The third-order valence-electron chi connectivity index (χ3n) is 1.40. The van der Waals surface area contributed by atoms with Gasteiger partial charge in [0, 0.05) is 10.2 Å². The molecule has 0 aromatic heterocycles. The number of allylic oxidation sites excluding steroid dienone is 2. The second kappa shape index (κ2) is 5.48. The van der Waals surface area contributed by atoms with Gasteiger partial charge in [-0.1, -0.05) is 11.6 Å². The average molecular weight is 144 g/mol. The van der Waals surface area contributed by atoms with Gasteiger partial charge in [0.1, 0.15) is 0 Å². The van der Waals surface area contributed by atoms with Crippen LogP contribution in [0.5, 0.6) is 0 Å². The zero-order valence-electron chi connectivity index (χ0n) is 10.1. The summed E-state index contributed by atoms with van der Waals surface area (Å²) in [4.78, 5) is 0. The maximum Gasteiger partial charge on any atom is 0.0391 e. The van der Waals surface area contributed by atoms with Crippen molar-refractivity contribution < 1.29 is 4.11 Å². The number of nitrogens with one attached hydrogen (secondary N) is 1. The molecular weight excluding hydrogens is 122 g/mol. The Morgan fingerprint density at radius 2 is 2.40 bits per heavy atom. The van der Waals surface area contributed by atoms with Crippen molar-refractivity contribution in [2.24, 2.45) is 0 Å². The van der Waals surface area contributed by atoms with E-state index in [1.54, 1.807) is 0 Å². The molecule has 0 aliphatic carbocycles. The van der Waals surface area contributed by atoms with Crippen molar-refractivity contribution >= 4 is 0 Å². The van der Waals surface area contributed by atoms with Crippen molar-refractivity contribution in [1.82, 2.24) is 5.32 Å². The molecule has 0 spiro atoms. The SMILES string of the molecule is [2H]C([2H])([2H])NC(C)CCC=C(C)C. The van der Waals surface area contributed by atoms with Crippen LogP contribution in [0.3, 0.4) is 0 Å². The molecule has 0 aliphatic heterocycles. The quantitative estimate of drug-likeness (QED) is 0.597. The van der Waals surface area contributed by atoms with E-state index in [1.165, 1.54) is 5.57 Å². The molecule has 1 N–H and O–H groups in total. The average Bonchev–Trinajstić information content (AvgIpc) is 1.81. The third-order valence-corrected chi connectivity index (χ3v) is 1.40. The molecule has 0 heterocycles. The fourth-order valence-corrected chi connectivity index (χ4v) is 0.694. The molecule has 0 saturated heterocycles. The second-order valence-corrected chi connectivity index (χ2v) is 2.90. The van der Waals surface area contributed by atoms with Gasteiger partial charge in [0.2, 0.25) is 0 Å². The topological polar surface area (TPSA) is 12.0 Å². The number of hydrogen-bond acceptors (Lipinski definition) is 1. The van der Waals surface area contributed by atoms with Gasteiger partial charge in [-0.05, 0) is 40.6 Å². The summed E-state index contributed by atoms with van der Waals surface area (Å²) in [5, 5.41) is 2.56. The molecule has 0 rings (SSSR count). The summed E-state index contributed by atoms with van der Waals surface area (Å²) in [6.45, 7) is 3.97. The maximum atomic E-state index is 6.99. The molecule has 0 aliphatic rings. The molecule has 1 atom stereocenters. The summed E-state index contributed by atoms with van der Waals surface area (Å²) in [7, 11) is 0. The minimum Gasteiger partial charge on any atom is -0.317 e. The van der Waals surface area contributed by atoms with Gasteiger partial charge in [0.25, 0.3) is 0 Å². The summed E-state index contributed by atoms with van der Waals surface area (Å²) in [6.07, 6.45) is 3.92. The van der Waals surface area contributed by atoms with Gasteiger partial charge in [-0.25, -0.2) is 0 Å². The predicted octanol–water partition coefficient (Wildman–Crippen LogP) is 2.34. The summed E-state index contributed by atoms with van der Waals surface area (Å²) >= 11 is 0. The minimum atomic E-state index is -2.01. The van der Waals surface area contributed by atoms with Gasteiger partial charge < -0.3 is 5.32 Å². The summed E-state index contributed by atoms with van der Waals surface area (Å²) in [6, 6.07) is 0.0445. The van der Waals surface area contributed by atoms with E-state index in [-0.39, 0.29) is 6.04 Å². The molecule has 0 saturated carbocycles. The molecule has 0 aromatic carbocycles. The van der Waals surface area contributed by atoms with Crippen LogP contribution < -0.4 is 5.32 Å². The van der Waals surface area contributed by atoms with E-state index in [2.05, 4.69) is 11.4 Å². The predicted molar refractivity (Wildman–Crippen MR) is 47.2 cm³/mol. The highest BCUT2D eigenvalue weighted by atomic mass is 14.8. The van der Waals surface area contributed by atoms with Crippen LogP contribution in [-0.4, -0.2) is 13.0 Å². The fourth-order valence-electron chi connectivity index (χ4n) is 0.694. The molecule has 1 nitrogen and oxygen atoms in total. The zero-order chi connectivity index (χ0) is 10.5. The van der Waals surface area contributed by atoms with E-state index >= 15 is 0 Å². The van der Waals surface area contributed by atoms with Crippen LogP contribution in [0.1, 0.15) is 37.7 Å². The lowest BCUT2D eigenvalue weighted by Crippen LogP contribution is -2.20. The highest BCUT2D eigenvalue weighted by molar-refractivity contribution is 4.92. The highest BCUT2D eigenvalue weighted by Crippen LogP contribution is 1.99. The van der Waals surface area contributed by atoms with Crippen LogP contribution in [0.4, 0.5) is 0 Å². The molecule has 1 unspecified atom stereocenters. The standard InChI is InChI=1S/C9H19N/c1-8(2)6-5-7-9(3)10-4/h6,9-10H,5,7H2,1-4H3/i4D3. The van der Waals surface area contributed by atoms with Crippen molar-refractivity contribution in [3.05, 3.63) is 11.6 Å². The monoisotopic (exact) mass is 144 g/mol. The summed E-state index contributed by atoms with van der Waals surface area (Å²) in [5.41, 5.74) is 1.28. The minimum absolute atomic E-state index is 0.0445. The van der Waals surface area contributed by atoms with Crippen LogP contribution in [-0.2, 0) is 0 Å². The molecule has 0 fully saturated rings. The smallest absolute Gasteiger partial charge is 0.0391 e. The van der Waals surface area contributed by atoms with Gasteiger partial charge in [0.05, 0.1) is 0 Å². The van der Waals surface area contributed by atoms with E-state index in [0.29, 0.717) is 0 Å². The molecule has 0 bridgehead atoms. The molecule has 0 radical (unpaired) electrons. The van der Waals surface area contributed by atoms with Gasteiger partial charge in [0.15, 0.2) is 0 Å². The van der Waals surface area contributed by atoms with E-state index in [0.717, 1.165) is 12.8 Å². The Hall–Kier alpha value is -0.300. The Kier molecular flexibility index (Phi) is 2.94. The Morgan fingerprint density at radius 1 is 1.70 bits per heavy atom. The molecule has 60 valence electrons. The highest BCUT2D eigenvalue weighted by Gasteiger charge is 1.93. The van der Waals surface area contributed by atoms with Crippen molar-refractivity contribution in [1.29, 1.82) is 0 Å². The van der Waals surface area contributed by atoms with Crippen LogP contribution in [0, 0.1) is 0 Å². The first kappa shape index (κ1) is 5.36. The van der Waals surface area contributed by atoms with Crippen LogP contribution in [0.15, 0.2) is 11.6 Å². The number of hydrogen-bond donors (Lipinski definition) is 1. The first-order valence-electron chi connectivity index (χ1n) is 5.22. The van der Waals surface area contributed by atoms with Gasteiger partial charge in [-0.15, -0.1) is 0 Å². The maximum absolute atomic E-state index is 6.99. The number of rotatable bonds is 4. The Morgan fingerprint density at radius 3 is 2.90 bits per heavy atom. The largest absolute Gasteiger partial charge is 0.317 e. The van der Waals surface area contributed by atoms with Crippen LogP contribution in [0.25, 0.3) is 0 Å². The Labute approximate surface area is 68.7 Å². The van der Waals surface area contributed by atoms with Gasteiger partial charge in [-0.3, -0.25) is 0 Å². The molecule has 0 aromatic rings. The molecular formula is C9H19N. The van der Waals surface area contributed by atoms with Crippen LogP contribution >= 0.6 is 0 Å². The van der Waals surface area contributed by atoms with E-state index in [1.807, 2.05) is 20.8 Å². The normalized spacial score (nSPS) is 18.5. The van der Waals surface area contributed by atoms with Crippen LogP contribution in [0.2, 0.25) is 0 Å². The first-order chi connectivity index (χ1) is 5.81. The third kappa shape index (κ3) is 5.83. The van der Waals surface area contributed by atoms with Crippen molar-refractivity contribution in [3.8, 4) is 0 Å². The molecule has 1 heteroatoms.